The second-order valence-electron chi connectivity index (χ2n) is 3.91. The van der Waals surface area contributed by atoms with E-state index in [4.69, 9.17) is 0 Å². The van der Waals surface area contributed by atoms with Crippen molar-refractivity contribution < 1.29 is 9.18 Å². The fourth-order valence-corrected chi connectivity index (χ4v) is 2.06. The summed E-state index contributed by atoms with van der Waals surface area (Å²) < 4.78 is 13.5. The lowest BCUT2D eigenvalue weighted by atomic mass is 9.92. The van der Waals surface area contributed by atoms with Crippen molar-refractivity contribution in [3.63, 3.8) is 0 Å². The summed E-state index contributed by atoms with van der Waals surface area (Å²) in [4.78, 5) is 15.8. The maximum atomic E-state index is 13.2. The van der Waals surface area contributed by atoms with E-state index in [9.17, 15) is 9.18 Å². The molecule has 0 spiro atoms. The first-order chi connectivity index (χ1) is 7.97. The molecule has 1 amide bonds. The Morgan fingerprint density at radius 2 is 2.18 bits per heavy atom. The Morgan fingerprint density at radius 1 is 1.47 bits per heavy atom. The molecule has 0 saturated carbocycles. The highest BCUT2D eigenvalue weighted by Gasteiger charge is 2.42. The van der Waals surface area contributed by atoms with Gasteiger partial charge in [-0.05, 0) is 40.5 Å². The van der Waals surface area contributed by atoms with Crippen LogP contribution < -0.4 is 10.6 Å². The molecule has 1 fully saturated rings. The number of nitrogens with one attached hydrogen (secondary N) is 2. The van der Waals surface area contributed by atoms with Crippen molar-refractivity contribution in [2.45, 2.75) is 12.5 Å². The molecule has 0 aromatic heterocycles. The largest absolute Gasteiger partial charge is 0.338 e. The van der Waals surface area contributed by atoms with Crippen molar-refractivity contribution in [2.24, 2.45) is 4.99 Å². The highest BCUT2D eigenvalue weighted by Crippen LogP contribution is 2.27. The van der Waals surface area contributed by atoms with E-state index in [-0.39, 0.29) is 11.7 Å². The van der Waals surface area contributed by atoms with Gasteiger partial charge in [-0.2, -0.15) is 0 Å². The van der Waals surface area contributed by atoms with Crippen LogP contribution in [0.25, 0.3) is 0 Å². The Bertz CT molecular complexity index is 517. The van der Waals surface area contributed by atoms with Crippen LogP contribution in [0.5, 0.6) is 0 Å². The summed E-state index contributed by atoms with van der Waals surface area (Å²) in [5.74, 6) is -0.158. The summed E-state index contributed by atoms with van der Waals surface area (Å²) in [5, 5.41) is 5.59. The van der Waals surface area contributed by atoms with E-state index in [1.165, 1.54) is 6.07 Å². The van der Waals surface area contributed by atoms with Gasteiger partial charge in [-0.25, -0.2) is 4.39 Å². The molecule has 1 saturated heterocycles. The van der Waals surface area contributed by atoms with Gasteiger partial charge in [0.25, 0.3) is 5.91 Å². The third-order valence-corrected chi connectivity index (χ3v) is 3.38. The smallest absolute Gasteiger partial charge is 0.256 e. The van der Waals surface area contributed by atoms with Crippen LogP contribution in [0.1, 0.15) is 12.5 Å². The number of carbonyl (C=O) groups is 1. The zero-order valence-electron chi connectivity index (χ0n) is 9.34. The minimum Gasteiger partial charge on any atom is -0.338 e. The van der Waals surface area contributed by atoms with E-state index in [0.717, 1.165) is 0 Å². The number of carbonyl (C=O) groups excluding carboxylic acids is 1. The topological polar surface area (TPSA) is 53.5 Å². The van der Waals surface area contributed by atoms with E-state index in [1.807, 2.05) is 0 Å². The number of hydrogen-bond acceptors (Lipinski definition) is 2. The highest BCUT2D eigenvalue weighted by molar-refractivity contribution is 9.10. The Balaban J connectivity index is 2.45. The molecule has 0 bridgehead atoms. The average molecular weight is 300 g/mol. The van der Waals surface area contributed by atoms with Crippen molar-refractivity contribution in [1.29, 1.82) is 0 Å². The molecule has 1 unspecified atom stereocenters. The van der Waals surface area contributed by atoms with Gasteiger partial charge in [0, 0.05) is 7.05 Å². The van der Waals surface area contributed by atoms with E-state index in [2.05, 4.69) is 31.6 Å². The Morgan fingerprint density at radius 3 is 2.71 bits per heavy atom. The van der Waals surface area contributed by atoms with Gasteiger partial charge < -0.3 is 5.32 Å². The number of halogens is 2. The Kier molecular flexibility index (Phi) is 2.91. The summed E-state index contributed by atoms with van der Waals surface area (Å²) in [5.41, 5.74) is -0.257. The first-order valence-corrected chi connectivity index (χ1v) is 5.78. The number of aliphatic imine (C=N–C) groups is 1. The van der Waals surface area contributed by atoms with Gasteiger partial charge in [0.15, 0.2) is 5.96 Å². The summed E-state index contributed by atoms with van der Waals surface area (Å²) in [6.45, 7) is 1.72. The molecule has 1 heterocycles. The van der Waals surface area contributed by atoms with Crippen molar-refractivity contribution >= 4 is 27.8 Å². The minimum atomic E-state index is -0.926. The molecular weight excluding hydrogens is 289 g/mol. The quantitative estimate of drug-likeness (QED) is 0.826. The van der Waals surface area contributed by atoms with Gasteiger partial charge in [0.1, 0.15) is 11.4 Å². The molecule has 1 aliphatic heterocycles. The van der Waals surface area contributed by atoms with Crippen LogP contribution in [0.3, 0.4) is 0 Å². The number of benzene rings is 1. The molecular formula is C11H11BrFN3O. The van der Waals surface area contributed by atoms with E-state index < -0.39 is 5.54 Å². The average Bonchev–Trinajstić information content (AvgIpc) is 2.60. The van der Waals surface area contributed by atoms with Crippen molar-refractivity contribution in [2.75, 3.05) is 7.05 Å². The molecule has 17 heavy (non-hydrogen) atoms. The van der Waals surface area contributed by atoms with E-state index in [1.54, 1.807) is 26.1 Å². The second-order valence-corrected chi connectivity index (χ2v) is 4.76. The van der Waals surface area contributed by atoms with Crippen LogP contribution in [0, 0.1) is 5.82 Å². The van der Waals surface area contributed by atoms with Crippen LogP contribution in [-0.2, 0) is 10.3 Å². The maximum Gasteiger partial charge on any atom is 0.256 e. The van der Waals surface area contributed by atoms with Gasteiger partial charge >= 0.3 is 0 Å². The van der Waals surface area contributed by atoms with Crippen molar-refractivity contribution in [1.82, 2.24) is 10.6 Å². The molecule has 1 aliphatic rings. The molecule has 0 aliphatic carbocycles. The zero-order valence-corrected chi connectivity index (χ0v) is 10.9. The predicted octanol–water partition coefficient (Wildman–Crippen LogP) is 1.51. The Hall–Kier alpha value is -1.43. The van der Waals surface area contributed by atoms with Crippen LogP contribution in [-0.4, -0.2) is 18.9 Å². The molecule has 1 atom stereocenters. The number of guanidine groups is 1. The maximum absolute atomic E-state index is 13.2. The normalized spacial score (nSPS) is 25.9. The lowest BCUT2D eigenvalue weighted by Gasteiger charge is -2.21. The van der Waals surface area contributed by atoms with Crippen LogP contribution in [0.4, 0.5) is 4.39 Å². The second kappa shape index (κ2) is 4.10. The van der Waals surface area contributed by atoms with Gasteiger partial charge in [0.2, 0.25) is 0 Å². The molecule has 1 aromatic rings. The summed E-state index contributed by atoms with van der Waals surface area (Å²) >= 11 is 3.10. The number of rotatable bonds is 1. The zero-order chi connectivity index (χ0) is 12.6. The fourth-order valence-electron chi connectivity index (χ4n) is 1.68. The summed E-state index contributed by atoms with van der Waals surface area (Å²) in [6.07, 6.45) is 0. The van der Waals surface area contributed by atoms with Crippen LogP contribution in [0.15, 0.2) is 27.7 Å². The van der Waals surface area contributed by atoms with Gasteiger partial charge in [0.05, 0.1) is 4.47 Å². The first kappa shape index (κ1) is 12.0. The van der Waals surface area contributed by atoms with E-state index in [0.29, 0.717) is 16.0 Å². The van der Waals surface area contributed by atoms with E-state index >= 15 is 0 Å². The van der Waals surface area contributed by atoms with Crippen molar-refractivity contribution in [3.8, 4) is 0 Å². The van der Waals surface area contributed by atoms with Gasteiger partial charge in [-0.1, -0.05) is 6.07 Å². The molecule has 1 aromatic carbocycles. The Labute approximate surface area is 106 Å². The fraction of sp³-hybridized carbons (Fsp3) is 0.273. The molecule has 6 heteroatoms. The molecule has 90 valence electrons. The number of amides is 1. The first-order valence-electron chi connectivity index (χ1n) is 4.99. The third-order valence-electron chi connectivity index (χ3n) is 2.78. The third kappa shape index (κ3) is 1.93. The lowest BCUT2D eigenvalue weighted by Crippen LogP contribution is -2.40. The van der Waals surface area contributed by atoms with Gasteiger partial charge in [-0.3, -0.25) is 15.1 Å². The SMILES string of the molecule is CN=C1NC(=O)C(C)(c2ccc(F)c(Br)c2)N1. The predicted molar refractivity (Wildman–Crippen MR) is 66.1 cm³/mol. The lowest BCUT2D eigenvalue weighted by molar-refractivity contribution is -0.123. The molecule has 4 nitrogen and oxygen atoms in total. The molecule has 2 N–H and O–H groups in total. The molecule has 2 rings (SSSR count). The summed E-state index contributed by atoms with van der Waals surface area (Å²) in [6, 6.07) is 4.48. The molecule has 0 radical (unpaired) electrons. The van der Waals surface area contributed by atoms with Crippen LogP contribution in [0.2, 0.25) is 0 Å². The number of hydrogen-bond donors (Lipinski definition) is 2. The van der Waals surface area contributed by atoms with Crippen molar-refractivity contribution in [3.05, 3.63) is 34.1 Å². The minimum absolute atomic E-state index is 0.211. The highest BCUT2D eigenvalue weighted by atomic mass is 79.9. The van der Waals surface area contributed by atoms with Gasteiger partial charge in [-0.15, -0.1) is 0 Å². The summed E-state index contributed by atoms with van der Waals surface area (Å²) in [7, 11) is 1.58. The van der Waals surface area contributed by atoms with Crippen LogP contribution >= 0.6 is 15.9 Å². The number of nitrogens with zero attached hydrogens (tertiary/aromatic N) is 1. The monoisotopic (exact) mass is 299 g/mol. The standard InChI is InChI=1S/C11H11BrFN3O/c1-11(9(17)15-10(14-2)16-11)6-3-4-8(13)7(12)5-6/h3-5H,1-2H3,(H2,14,15,16,17).